The zero-order valence-corrected chi connectivity index (χ0v) is 14.2. The van der Waals surface area contributed by atoms with Gasteiger partial charge in [-0.2, -0.15) is 5.10 Å². The zero-order chi connectivity index (χ0) is 18.6. The van der Waals surface area contributed by atoms with Crippen molar-refractivity contribution in [3.63, 3.8) is 0 Å². The Kier molecular flexibility index (Phi) is 4.48. The number of oxazole rings is 2. The molecule has 136 valence electrons. The Morgan fingerprint density at radius 1 is 1.04 bits per heavy atom. The molecule has 0 saturated carbocycles. The van der Waals surface area contributed by atoms with E-state index in [0.29, 0.717) is 16.8 Å². The van der Waals surface area contributed by atoms with Crippen molar-refractivity contribution in [2.24, 2.45) is 0 Å². The second kappa shape index (κ2) is 7.24. The average molecular weight is 365 g/mol. The third-order valence-electron chi connectivity index (χ3n) is 4.07. The van der Waals surface area contributed by atoms with Crippen LogP contribution in [0.3, 0.4) is 0 Å². The molecule has 0 saturated heterocycles. The van der Waals surface area contributed by atoms with E-state index in [0.717, 1.165) is 10.1 Å². The summed E-state index contributed by atoms with van der Waals surface area (Å²) in [5.74, 6) is -0.300. The van der Waals surface area contributed by atoms with E-state index in [9.17, 15) is 9.59 Å². The topological polar surface area (TPSA) is 107 Å². The highest BCUT2D eigenvalue weighted by atomic mass is 16.3. The number of rotatable bonds is 6. The standard InChI is InChI=1S/C18H15N5O4/c24-17(8-23-18(25)16-4-2-1-3-13(16)5-21-23)22(6-14-9-26-11-19-14)7-15-10-27-12-20-15/h1-5,9-12H,6-8H2. The number of carbonyl (C=O) groups excluding carboxylic acids is 1. The van der Waals surface area contributed by atoms with E-state index in [-0.39, 0.29) is 31.1 Å². The van der Waals surface area contributed by atoms with Gasteiger partial charge in [-0.05, 0) is 6.07 Å². The minimum Gasteiger partial charge on any atom is -0.451 e. The SMILES string of the molecule is O=C(Cn1ncc2ccccc2c1=O)N(Cc1cocn1)Cc1cocn1. The van der Waals surface area contributed by atoms with Crippen molar-refractivity contribution < 1.29 is 13.6 Å². The van der Waals surface area contributed by atoms with Crippen LogP contribution in [0.4, 0.5) is 0 Å². The molecule has 4 rings (SSSR count). The second-order valence-electron chi connectivity index (χ2n) is 5.90. The Hall–Kier alpha value is -3.75. The van der Waals surface area contributed by atoms with E-state index in [4.69, 9.17) is 8.83 Å². The molecule has 0 unspecified atom stereocenters. The summed E-state index contributed by atoms with van der Waals surface area (Å²) in [7, 11) is 0. The first kappa shape index (κ1) is 16.7. The number of carbonyl (C=O) groups is 1. The number of hydrogen-bond donors (Lipinski definition) is 0. The molecule has 9 heteroatoms. The van der Waals surface area contributed by atoms with E-state index in [2.05, 4.69) is 15.1 Å². The van der Waals surface area contributed by atoms with Crippen molar-refractivity contribution >= 4 is 16.7 Å². The van der Waals surface area contributed by atoms with Crippen LogP contribution >= 0.6 is 0 Å². The molecule has 0 aliphatic heterocycles. The molecule has 0 bridgehead atoms. The maximum Gasteiger partial charge on any atom is 0.275 e. The lowest BCUT2D eigenvalue weighted by Gasteiger charge is -2.20. The highest BCUT2D eigenvalue weighted by Crippen LogP contribution is 2.10. The molecule has 0 radical (unpaired) electrons. The molecule has 4 aromatic rings. The molecule has 0 spiro atoms. The summed E-state index contributed by atoms with van der Waals surface area (Å²) in [5.41, 5.74) is 0.862. The highest BCUT2D eigenvalue weighted by molar-refractivity contribution is 5.81. The van der Waals surface area contributed by atoms with Crippen molar-refractivity contribution in [1.82, 2.24) is 24.6 Å². The Bertz CT molecular complexity index is 1070. The number of aromatic nitrogens is 4. The fourth-order valence-corrected chi connectivity index (χ4v) is 2.72. The van der Waals surface area contributed by atoms with Crippen LogP contribution in [0.15, 0.2) is 69.4 Å². The molecule has 27 heavy (non-hydrogen) atoms. The molecule has 0 fully saturated rings. The number of hydrogen-bond acceptors (Lipinski definition) is 7. The van der Waals surface area contributed by atoms with Crippen molar-refractivity contribution in [2.45, 2.75) is 19.6 Å². The van der Waals surface area contributed by atoms with Gasteiger partial charge in [0.2, 0.25) is 5.91 Å². The van der Waals surface area contributed by atoms with Crippen molar-refractivity contribution in [3.05, 3.63) is 77.5 Å². The van der Waals surface area contributed by atoms with Gasteiger partial charge < -0.3 is 13.7 Å². The van der Waals surface area contributed by atoms with Gasteiger partial charge in [0, 0.05) is 5.39 Å². The van der Waals surface area contributed by atoms with Crippen LogP contribution in [0.1, 0.15) is 11.4 Å². The van der Waals surface area contributed by atoms with E-state index < -0.39 is 0 Å². The van der Waals surface area contributed by atoms with Gasteiger partial charge in [-0.1, -0.05) is 18.2 Å². The normalized spacial score (nSPS) is 11.0. The Morgan fingerprint density at radius 2 is 1.70 bits per heavy atom. The highest BCUT2D eigenvalue weighted by Gasteiger charge is 2.19. The van der Waals surface area contributed by atoms with Crippen LogP contribution in [0, 0.1) is 0 Å². The first-order chi connectivity index (χ1) is 13.2. The molecule has 1 aromatic carbocycles. The predicted molar refractivity (Wildman–Crippen MR) is 93.3 cm³/mol. The number of fused-ring (bicyclic) bond motifs is 1. The van der Waals surface area contributed by atoms with E-state index in [1.807, 2.05) is 6.07 Å². The Morgan fingerprint density at radius 3 is 2.33 bits per heavy atom. The maximum atomic E-state index is 12.9. The average Bonchev–Trinajstić information content (AvgIpc) is 3.38. The molecular formula is C18H15N5O4. The van der Waals surface area contributed by atoms with Gasteiger partial charge >= 0.3 is 0 Å². The van der Waals surface area contributed by atoms with Crippen molar-refractivity contribution in [2.75, 3.05) is 0 Å². The monoisotopic (exact) mass is 365 g/mol. The lowest BCUT2D eigenvalue weighted by molar-refractivity contribution is -0.133. The van der Waals surface area contributed by atoms with Crippen LogP contribution in [0.25, 0.3) is 10.8 Å². The third-order valence-corrected chi connectivity index (χ3v) is 4.07. The Labute approximate surface area is 152 Å². The summed E-state index contributed by atoms with van der Waals surface area (Å²) in [5, 5.41) is 5.35. The second-order valence-corrected chi connectivity index (χ2v) is 5.90. The smallest absolute Gasteiger partial charge is 0.275 e. The largest absolute Gasteiger partial charge is 0.451 e. The Balaban J connectivity index is 1.59. The lowest BCUT2D eigenvalue weighted by atomic mass is 10.2. The summed E-state index contributed by atoms with van der Waals surface area (Å²) < 4.78 is 11.1. The van der Waals surface area contributed by atoms with Crippen LogP contribution < -0.4 is 5.56 Å². The zero-order valence-electron chi connectivity index (χ0n) is 14.2. The molecule has 3 aromatic heterocycles. The summed E-state index contributed by atoms with van der Waals surface area (Å²) in [6, 6.07) is 7.12. The lowest BCUT2D eigenvalue weighted by Crippen LogP contribution is -2.36. The number of amides is 1. The summed E-state index contributed by atoms with van der Waals surface area (Å²) >= 11 is 0. The van der Waals surface area contributed by atoms with Gasteiger partial charge in [0.1, 0.15) is 19.1 Å². The maximum absolute atomic E-state index is 12.9. The molecule has 0 atom stereocenters. The first-order valence-corrected chi connectivity index (χ1v) is 8.17. The fraction of sp³-hybridized carbons (Fsp3) is 0.167. The van der Waals surface area contributed by atoms with E-state index >= 15 is 0 Å². The van der Waals surface area contributed by atoms with Crippen LogP contribution in [0.2, 0.25) is 0 Å². The van der Waals surface area contributed by atoms with E-state index in [1.165, 1.54) is 30.2 Å². The van der Waals surface area contributed by atoms with Crippen molar-refractivity contribution in [3.8, 4) is 0 Å². The minimum absolute atomic E-state index is 0.195. The van der Waals surface area contributed by atoms with Gasteiger partial charge in [0.15, 0.2) is 12.8 Å². The molecule has 0 N–H and O–H groups in total. The molecule has 1 amide bonds. The van der Waals surface area contributed by atoms with Crippen LogP contribution in [0.5, 0.6) is 0 Å². The molecule has 0 aliphatic carbocycles. The molecule has 0 aliphatic rings. The molecule has 9 nitrogen and oxygen atoms in total. The fourth-order valence-electron chi connectivity index (χ4n) is 2.72. The van der Waals surface area contributed by atoms with Gasteiger partial charge in [-0.15, -0.1) is 0 Å². The third kappa shape index (κ3) is 3.61. The first-order valence-electron chi connectivity index (χ1n) is 8.17. The minimum atomic E-state index is -0.315. The van der Waals surface area contributed by atoms with Gasteiger partial charge in [-0.25, -0.2) is 14.6 Å². The molecule has 3 heterocycles. The van der Waals surface area contributed by atoms with Gasteiger partial charge in [-0.3, -0.25) is 9.59 Å². The number of benzene rings is 1. The quantitative estimate of drug-likeness (QED) is 0.511. The molecular weight excluding hydrogens is 350 g/mol. The van der Waals surface area contributed by atoms with E-state index in [1.54, 1.807) is 24.4 Å². The summed E-state index contributed by atoms with van der Waals surface area (Å²) in [6.07, 6.45) is 7.09. The summed E-state index contributed by atoms with van der Waals surface area (Å²) in [6.45, 7) is 0.231. The van der Waals surface area contributed by atoms with Crippen molar-refractivity contribution in [1.29, 1.82) is 0 Å². The van der Waals surface area contributed by atoms with Gasteiger partial charge in [0.05, 0.1) is 36.1 Å². The van der Waals surface area contributed by atoms with Gasteiger partial charge in [0.25, 0.3) is 5.56 Å². The van der Waals surface area contributed by atoms with Crippen LogP contribution in [-0.2, 0) is 24.4 Å². The van der Waals surface area contributed by atoms with Crippen LogP contribution in [-0.4, -0.2) is 30.6 Å². The predicted octanol–water partition coefficient (Wildman–Crippen LogP) is 1.60. The number of nitrogens with zero attached hydrogens (tertiary/aromatic N) is 5. The summed E-state index contributed by atoms with van der Waals surface area (Å²) in [4.78, 5) is 35.1.